The maximum Gasteiger partial charge on any atom is 0.303 e. The Kier molecular flexibility index (Phi) is 8.47. The standard InChI is InChI=1S/C31H31ClN4O3/c32-24-14-11-21(12-15-24)30-26(8-3-4-10-29(37)38)34-27-19-22(13-16-25(27)35-30)31(39)36-18-5-1-2-9-28(36)23-7-6-17-33-20-23/h6-7,11-17,19-20,28H,1-5,8-10,18H2,(H,37,38). The first-order valence-electron chi connectivity index (χ1n) is 13.5. The van der Waals surface area contributed by atoms with E-state index in [4.69, 9.17) is 26.7 Å². The first-order chi connectivity index (χ1) is 19.0. The van der Waals surface area contributed by atoms with Crippen molar-refractivity contribution in [3.63, 3.8) is 0 Å². The van der Waals surface area contributed by atoms with Gasteiger partial charge in [0.15, 0.2) is 0 Å². The molecule has 2 aromatic carbocycles. The molecule has 1 atom stereocenters. The minimum absolute atomic E-state index is 0.00689. The van der Waals surface area contributed by atoms with E-state index in [1.807, 2.05) is 65.7 Å². The molecular weight excluding hydrogens is 512 g/mol. The van der Waals surface area contributed by atoms with Gasteiger partial charge in [-0.1, -0.05) is 42.6 Å². The van der Waals surface area contributed by atoms with E-state index < -0.39 is 5.97 Å². The van der Waals surface area contributed by atoms with Gasteiger partial charge in [0.1, 0.15) is 0 Å². The van der Waals surface area contributed by atoms with Gasteiger partial charge in [0.25, 0.3) is 5.91 Å². The fourth-order valence-corrected chi connectivity index (χ4v) is 5.37. The number of carboxylic acid groups (broad SMARTS) is 1. The number of hydrogen-bond acceptors (Lipinski definition) is 5. The van der Waals surface area contributed by atoms with Gasteiger partial charge >= 0.3 is 5.97 Å². The summed E-state index contributed by atoms with van der Waals surface area (Å²) in [6.45, 7) is 0.701. The number of hydrogen-bond donors (Lipinski definition) is 1. The lowest BCUT2D eigenvalue weighted by Crippen LogP contribution is -2.34. The highest BCUT2D eigenvalue weighted by atomic mass is 35.5. The number of rotatable bonds is 8. The van der Waals surface area contributed by atoms with Crippen LogP contribution in [0.5, 0.6) is 0 Å². The minimum Gasteiger partial charge on any atom is -0.481 e. The van der Waals surface area contributed by atoms with Gasteiger partial charge in [0.2, 0.25) is 0 Å². The summed E-state index contributed by atoms with van der Waals surface area (Å²) >= 11 is 6.11. The molecule has 0 spiro atoms. The second-order valence-electron chi connectivity index (χ2n) is 9.98. The summed E-state index contributed by atoms with van der Waals surface area (Å²) in [5.74, 6) is -0.821. The molecule has 0 bridgehead atoms. The molecule has 7 nitrogen and oxygen atoms in total. The van der Waals surface area contributed by atoms with Gasteiger partial charge in [0.05, 0.1) is 28.5 Å². The molecule has 1 fully saturated rings. The monoisotopic (exact) mass is 542 g/mol. The van der Waals surface area contributed by atoms with E-state index in [0.717, 1.165) is 48.2 Å². The number of pyridine rings is 1. The molecule has 1 N–H and O–H groups in total. The second-order valence-corrected chi connectivity index (χ2v) is 10.4. The topological polar surface area (TPSA) is 96.3 Å². The maximum absolute atomic E-state index is 13.8. The number of halogens is 1. The summed E-state index contributed by atoms with van der Waals surface area (Å²) in [5, 5.41) is 9.67. The molecule has 1 aliphatic heterocycles. The van der Waals surface area contributed by atoms with Gasteiger partial charge in [-0.15, -0.1) is 0 Å². The van der Waals surface area contributed by atoms with Gasteiger partial charge in [-0.05, 0) is 74.1 Å². The quantitative estimate of drug-likeness (QED) is 0.243. The number of carboxylic acids is 1. The molecule has 8 heteroatoms. The number of carbonyl (C=O) groups is 2. The highest BCUT2D eigenvalue weighted by Crippen LogP contribution is 2.32. The summed E-state index contributed by atoms with van der Waals surface area (Å²) < 4.78 is 0. The van der Waals surface area contributed by atoms with E-state index in [-0.39, 0.29) is 18.4 Å². The Balaban J connectivity index is 1.49. The van der Waals surface area contributed by atoms with Crippen LogP contribution in [0.2, 0.25) is 5.02 Å². The number of amides is 1. The Morgan fingerprint density at radius 1 is 0.974 bits per heavy atom. The van der Waals surface area contributed by atoms with E-state index in [0.29, 0.717) is 47.4 Å². The average Bonchev–Trinajstić information content (AvgIpc) is 3.21. The molecular formula is C31H31ClN4O3. The van der Waals surface area contributed by atoms with Crippen molar-refractivity contribution < 1.29 is 14.7 Å². The molecule has 0 aliphatic carbocycles. The zero-order valence-electron chi connectivity index (χ0n) is 21.7. The lowest BCUT2D eigenvalue weighted by molar-refractivity contribution is -0.137. The van der Waals surface area contributed by atoms with Crippen LogP contribution in [-0.2, 0) is 11.2 Å². The SMILES string of the molecule is O=C(O)CCCCc1nc2cc(C(=O)N3CCCCCC3c3cccnc3)ccc2nc1-c1ccc(Cl)cc1. The summed E-state index contributed by atoms with van der Waals surface area (Å²) in [6.07, 6.45) is 9.60. The molecule has 0 saturated carbocycles. The third-order valence-corrected chi connectivity index (χ3v) is 7.49. The highest BCUT2D eigenvalue weighted by Gasteiger charge is 2.28. The van der Waals surface area contributed by atoms with Crippen molar-refractivity contribution in [2.24, 2.45) is 0 Å². The predicted molar refractivity (Wildman–Crippen MR) is 152 cm³/mol. The Hall–Kier alpha value is -3.84. The Morgan fingerprint density at radius 2 is 1.82 bits per heavy atom. The van der Waals surface area contributed by atoms with Crippen molar-refractivity contribution in [3.05, 3.63) is 88.8 Å². The minimum atomic E-state index is -0.807. The van der Waals surface area contributed by atoms with Crippen LogP contribution in [0, 0.1) is 0 Å². The van der Waals surface area contributed by atoms with Crippen LogP contribution in [0.3, 0.4) is 0 Å². The normalized spacial score (nSPS) is 15.7. The number of unbranched alkanes of at least 4 members (excludes halogenated alkanes) is 1. The Labute approximate surface area is 232 Å². The number of nitrogens with zero attached hydrogens (tertiary/aromatic N) is 4. The van der Waals surface area contributed by atoms with Crippen LogP contribution < -0.4 is 0 Å². The molecule has 1 aliphatic rings. The maximum atomic E-state index is 13.8. The first-order valence-corrected chi connectivity index (χ1v) is 13.9. The molecule has 1 saturated heterocycles. The zero-order chi connectivity index (χ0) is 27.2. The van der Waals surface area contributed by atoms with Crippen molar-refractivity contribution >= 4 is 34.5 Å². The summed E-state index contributed by atoms with van der Waals surface area (Å²) in [6, 6.07) is 17.0. The van der Waals surface area contributed by atoms with Gasteiger partial charge in [0, 0.05) is 41.5 Å². The third-order valence-electron chi connectivity index (χ3n) is 7.24. The van der Waals surface area contributed by atoms with E-state index in [1.54, 1.807) is 6.20 Å². The summed E-state index contributed by atoms with van der Waals surface area (Å²) in [4.78, 5) is 41.0. The van der Waals surface area contributed by atoms with Crippen LogP contribution in [0.25, 0.3) is 22.3 Å². The number of fused-ring (bicyclic) bond motifs is 1. The van der Waals surface area contributed by atoms with E-state index >= 15 is 0 Å². The molecule has 2 aromatic heterocycles. The molecule has 39 heavy (non-hydrogen) atoms. The average molecular weight is 543 g/mol. The number of likely N-dealkylation sites (tertiary alicyclic amines) is 1. The molecule has 1 unspecified atom stereocenters. The van der Waals surface area contributed by atoms with Crippen LogP contribution in [-0.4, -0.2) is 43.4 Å². The number of carbonyl (C=O) groups excluding carboxylic acids is 1. The Morgan fingerprint density at radius 3 is 2.59 bits per heavy atom. The highest BCUT2D eigenvalue weighted by molar-refractivity contribution is 6.30. The van der Waals surface area contributed by atoms with Crippen LogP contribution >= 0.6 is 11.6 Å². The molecule has 5 rings (SSSR count). The number of aliphatic carboxylic acids is 1. The molecule has 200 valence electrons. The van der Waals surface area contributed by atoms with E-state index in [1.165, 1.54) is 0 Å². The lowest BCUT2D eigenvalue weighted by atomic mass is 10.0. The van der Waals surface area contributed by atoms with Gasteiger partial charge in [-0.3, -0.25) is 14.6 Å². The van der Waals surface area contributed by atoms with E-state index in [9.17, 15) is 9.59 Å². The van der Waals surface area contributed by atoms with Crippen LogP contribution in [0.15, 0.2) is 67.0 Å². The second kappa shape index (κ2) is 12.3. The molecule has 3 heterocycles. The third kappa shape index (κ3) is 6.42. The van der Waals surface area contributed by atoms with Crippen molar-refractivity contribution in [2.45, 2.75) is 57.4 Å². The molecule has 4 aromatic rings. The van der Waals surface area contributed by atoms with Crippen LogP contribution in [0.1, 0.15) is 72.6 Å². The number of aromatic nitrogens is 3. The van der Waals surface area contributed by atoms with E-state index in [2.05, 4.69) is 4.98 Å². The fourth-order valence-electron chi connectivity index (χ4n) is 5.24. The predicted octanol–water partition coefficient (Wildman–Crippen LogP) is 6.90. The van der Waals surface area contributed by atoms with Gasteiger partial charge in [-0.2, -0.15) is 0 Å². The van der Waals surface area contributed by atoms with Gasteiger partial charge < -0.3 is 10.0 Å². The summed E-state index contributed by atoms with van der Waals surface area (Å²) in [7, 11) is 0. The summed E-state index contributed by atoms with van der Waals surface area (Å²) in [5.41, 5.74) is 5.42. The van der Waals surface area contributed by atoms with Gasteiger partial charge in [-0.25, -0.2) is 9.97 Å². The fraction of sp³-hybridized carbons (Fsp3) is 0.323. The first kappa shape index (κ1) is 26.8. The smallest absolute Gasteiger partial charge is 0.303 e. The van der Waals surface area contributed by atoms with Crippen molar-refractivity contribution in [1.82, 2.24) is 19.9 Å². The van der Waals surface area contributed by atoms with Crippen LogP contribution in [0.4, 0.5) is 0 Å². The van der Waals surface area contributed by atoms with Crippen molar-refractivity contribution in [1.29, 1.82) is 0 Å². The zero-order valence-corrected chi connectivity index (χ0v) is 22.5. The largest absolute Gasteiger partial charge is 0.481 e. The lowest BCUT2D eigenvalue weighted by Gasteiger charge is -2.30. The Bertz CT molecular complexity index is 1460. The van der Waals surface area contributed by atoms with Crippen molar-refractivity contribution in [2.75, 3.05) is 6.54 Å². The van der Waals surface area contributed by atoms with Crippen molar-refractivity contribution in [3.8, 4) is 11.3 Å². The number of benzene rings is 2. The number of aryl methyl sites for hydroxylation is 1. The molecule has 1 amide bonds. The molecule has 0 radical (unpaired) electrons.